The number of amides is 2. The molecule has 7 heteroatoms. The Morgan fingerprint density at radius 1 is 1.16 bits per heavy atom. The number of hydrogen-bond acceptors (Lipinski definition) is 3. The Bertz CT molecular complexity index is 820. The quantitative estimate of drug-likeness (QED) is 0.723. The van der Waals surface area contributed by atoms with Gasteiger partial charge in [0.1, 0.15) is 0 Å². The van der Waals surface area contributed by atoms with Gasteiger partial charge in [-0.15, -0.1) is 0 Å². The summed E-state index contributed by atoms with van der Waals surface area (Å²) in [5.41, 5.74) is 4.07. The summed E-state index contributed by atoms with van der Waals surface area (Å²) >= 11 is 0. The molecule has 0 unspecified atom stereocenters. The zero-order valence-corrected chi connectivity index (χ0v) is 14.4. The van der Waals surface area contributed by atoms with Crippen LogP contribution in [0.4, 0.5) is 4.79 Å². The van der Waals surface area contributed by atoms with Gasteiger partial charge in [0.2, 0.25) is 0 Å². The van der Waals surface area contributed by atoms with Gasteiger partial charge in [0.15, 0.2) is 0 Å². The monoisotopic (exact) mass is 338 g/mol. The third-order valence-electron chi connectivity index (χ3n) is 3.92. The number of urea groups is 1. The second kappa shape index (κ2) is 7.65. The summed E-state index contributed by atoms with van der Waals surface area (Å²) in [7, 11) is 1.88. The second-order valence-electron chi connectivity index (χ2n) is 5.78. The SMILES string of the molecule is CCc1nn(C)cc1CNC(=O)NCc1ccc(-n2cccn2)cc1. The maximum absolute atomic E-state index is 12.0. The molecule has 25 heavy (non-hydrogen) atoms. The number of rotatable bonds is 6. The first kappa shape index (κ1) is 16.8. The fourth-order valence-electron chi connectivity index (χ4n) is 2.64. The predicted molar refractivity (Wildman–Crippen MR) is 95.2 cm³/mol. The highest BCUT2D eigenvalue weighted by molar-refractivity contribution is 5.73. The molecule has 0 bridgehead atoms. The Balaban J connectivity index is 1.49. The number of hydrogen-bond donors (Lipinski definition) is 2. The molecule has 2 heterocycles. The third-order valence-corrected chi connectivity index (χ3v) is 3.92. The molecule has 1 aromatic carbocycles. The maximum Gasteiger partial charge on any atom is 0.315 e. The van der Waals surface area contributed by atoms with E-state index in [-0.39, 0.29) is 6.03 Å². The Morgan fingerprint density at radius 3 is 2.60 bits per heavy atom. The van der Waals surface area contributed by atoms with Gasteiger partial charge in [-0.05, 0) is 30.2 Å². The molecule has 0 atom stereocenters. The summed E-state index contributed by atoms with van der Waals surface area (Å²) in [5.74, 6) is 0. The van der Waals surface area contributed by atoms with Gasteiger partial charge in [0, 0.05) is 44.3 Å². The van der Waals surface area contributed by atoms with Crippen LogP contribution >= 0.6 is 0 Å². The number of nitrogens with zero attached hydrogens (tertiary/aromatic N) is 4. The van der Waals surface area contributed by atoms with Gasteiger partial charge in [-0.2, -0.15) is 10.2 Å². The van der Waals surface area contributed by atoms with Crippen molar-refractivity contribution in [1.29, 1.82) is 0 Å². The van der Waals surface area contributed by atoms with Crippen LogP contribution in [0.1, 0.15) is 23.7 Å². The van der Waals surface area contributed by atoms with E-state index in [1.54, 1.807) is 15.6 Å². The van der Waals surface area contributed by atoms with Crippen LogP contribution in [0.25, 0.3) is 5.69 Å². The fraction of sp³-hybridized carbons (Fsp3) is 0.278. The number of carbonyl (C=O) groups is 1. The minimum Gasteiger partial charge on any atom is -0.334 e. The van der Waals surface area contributed by atoms with Crippen LogP contribution < -0.4 is 10.6 Å². The van der Waals surface area contributed by atoms with Gasteiger partial charge in [-0.3, -0.25) is 4.68 Å². The first-order valence-corrected chi connectivity index (χ1v) is 8.27. The van der Waals surface area contributed by atoms with Crippen molar-refractivity contribution >= 4 is 6.03 Å². The van der Waals surface area contributed by atoms with Crippen LogP contribution in [0.2, 0.25) is 0 Å². The van der Waals surface area contributed by atoms with E-state index < -0.39 is 0 Å². The first-order valence-electron chi connectivity index (χ1n) is 8.27. The zero-order valence-electron chi connectivity index (χ0n) is 14.4. The Morgan fingerprint density at radius 2 is 1.92 bits per heavy atom. The van der Waals surface area contributed by atoms with Gasteiger partial charge in [-0.1, -0.05) is 19.1 Å². The largest absolute Gasteiger partial charge is 0.334 e. The lowest BCUT2D eigenvalue weighted by molar-refractivity contribution is 0.240. The summed E-state index contributed by atoms with van der Waals surface area (Å²) in [4.78, 5) is 12.0. The summed E-state index contributed by atoms with van der Waals surface area (Å²) < 4.78 is 3.57. The van der Waals surface area contributed by atoms with Crippen LogP contribution in [-0.2, 0) is 26.6 Å². The van der Waals surface area contributed by atoms with Crippen LogP contribution in [0.5, 0.6) is 0 Å². The molecule has 0 radical (unpaired) electrons. The van der Waals surface area contributed by atoms with Crippen molar-refractivity contribution in [3.8, 4) is 5.69 Å². The normalized spacial score (nSPS) is 10.6. The lowest BCUT2D eigenvalue weighted by Gasteiger charge is -2.08. The predicted octanol–water partition coefficient (Wildman–Crippen LogP) is 2.17. The van der Waals surface area contributed by atoms with Crippen molar-refractivity contribution in [2.24, 2.45) is 7.05 Å². The number of carbonyl (C=O) groups excluding carboxylic acids is 1. The lowest BCUT2D eigenvalue weighted by Crippen LogP contribution is -2.34. The minimum atomic E-state index is -0.193. The van der Waals surface area contributed by atoms with Gasteiger partial charge in [0.05, 0.1) is 11.4 Å². The molecular formula is C18H22N6O. The second-order valence-corrected chi connectivity index (χ2v) is 5.78. The average Bonchev–Trinajstić information content (AvgIpc) is 3.28. The Hall–Kier alpha value is -3.09. The Labute approximate surface area is 146 Å². The van der Waals surface area contributed by atoms with Gasteiger partial charge in [0.25, 0.3) is 0 Å². The fourth-order valence-corrected chi connectivity index (χ4v) is 2.64. The lowest BCUT2D eigenvalue weighted by atomic mass is 10.2. The maximum atomic E-state index is 12.0. The van der Waals surface area contributed by atoms with Gasteiger partial charge < -0.3 is 10.6 Å². The summed E-state index contributed by atoms with van der Waals surface area (Å²) in [6, 6.07) is 9.60. The van der Waals surface area contributed by atoms with Gasteiger partial charge in [-0.25, -0.2) is 9.48 Å². The van der Waals surface area contributed by atoms with Crippen molar-refractivity contribution < 1.29 is 4.79 Å². The van der Waals surface area contributed by atoms with E-state index in [0.29, 0.717) is 13.1 Å². The molecule has 0 aliphatic heterocycles. The van der Waals surface area contributed by atoms with Crippen LogP contribution in [-0.4, -0.2) is 25.6 Å². The minimum absolute atomic E-state index is 0.193. The molecule has 0 fully saturated rings. The molecule has 2 amide bonds. The Kier molecular flexibility index (Phi) is 5.13. The van der Waals surface area contributed by atoms with E-state index >= 15 is 0 Å². The van der Waals surface area contributed by atoms with Crippen molar-refractivity contribution in [2.75, 3.05) is 0 Å². The standard InChI is InChI=1S/C18H22N6O/c1-3-17-15(13-23(2)22-17)12-20-18(25)19-11-14-5-7-16(8-6-14)24-10-4-9-21-24/h4-10,13H,3,11-12H2,1-2H3,(H2,19,20,25). The van der Waals surface area contributed by atoms with E-state index in [0.717, 1.165) is 28.9 Å². The van der Waals surface area contributed by atoms with Crippen LogP contribution in [0.15, 0.2) is 48.9 Å². The van der Waals surface area contributed by atoms with Crippen molar-refractivity contribution in [3.05, 3.63) is 65.7 Å². The third kappa shape index (κ3) is 4.26. The smallest absolute Gasteiger partial charge is 0.315 e. The van der Waals surface area contributed by atoms with Crippen molar-refractivity contribution in [1.82, 2.24) is 30.2 Å². The molecule has 3 rings (SSSR count). The number of aryl methyl sites for hydroxylation is 2. The summed E-state index contributed by atoms with van der Waals surface area (Å²) in [5, 5.41) is 14.3. The molecule has 130 valence electrons. The van der Waals surface area contributed by atoms with E-state index in [1.165, 1.54) is 0 Å². The van der Waals surface area contributed by atoms with E-state index in [2.05, 4.69) is 27.8 Å². The van der Waals surface area contributed by atoms with E-state index in [9.17, 15) is 4.79 Å². The molecule has 2 aromatic heterocycles. The molecule has 0 spiro atoms. The summed E-state index contributed by atoms with van der Waals surface area (Å²) in [6.07, 6.45) is 6.42. The average molecular weight is 338 g/mol. The van der Waals surface area contributed by atoms with E-state index in [4.69, 9.17) is 0 Å². The first-order chi connectivity index (χ1) is 12.2. The molecule has 3 aromatic rings. The highest BCUT2D eigenvalue weighted by atomic mass is 16.2. The number of nitrogens with one attached hydrogen (secondary N) is 2. The molecule has 0 saturated heterocycles. The zero-order chi connectivity index (χ0) is 17.6. The topological polar surface area (TPSA) is 76.8 Å². The van der Waals surface area contributed by atoms with Crippen molar-refractivity contribution in [3.63, 3.8) is 0 Å². The number of benzene rings is 1. The molecule has 0 saturated carbocycles. The van der Waals surface area contributed by atoms with Crippen LogP contribution in [0, 0.1) is 0 Å². The molecule has 0 aliphatic carbocycles. The molecular weight excluding hydrogens is 316 g/mol. The molecule has 7 nitrogen and oxygen atoms in total. The van der Waals surface area contributed by atoms with Crippen molar-refractivity contribution in [2.45, 2.75) is 26.4 Å². The molecule has 2 N–H and O–H groups in total. The van der Waals surface area contributed by atoms with Gasteiger partial charge >= 0.3 is 6.03 Å². The molecule has 0 aliphatic rings. The van der Waals surface area contributed by atoms with Crippen LogP contribution in [0.3, 0.4) is 0 Å². The highest BCUT2D eigenvalue weighted by Crippen LogP contribution is 2.09. The summed E-state index contributed by atoms with van der Waals surface area (Å²) in [6.45, 7) is 3.00. The number of aromatic nitrogens is 4. The van der Waals surface area contributed by atoms with E-state index in [1.807, 2.05) is 49.8 Å². The highest BCUT2D eigenvalue weighted by Gasteiger charge is 2.07.